The minimum absolute atomic E-state index is 0.132. The number of nitrogen functional groups attached to an aromatic ring is 1. The third kappa shape index (κ3) is 4.58. The quantitative estimate of drug-likeness (QED) is 0.806. The van der Waals surface area contributed by atoms with Crippen LogP contribution in [0.3, 0.4) is 0 Å². The summed E-state index contributed by atoms with van der Waals surface area (Å²) in [7, 11) is -3.49. The van der Waals surface area contributed by atoms with E-state index in [1.165, 1.54) is 17.7 Å². The van der Waals surface area contributed by atoms with Gasteiger partial charge in [0, 0.05) is 11.7 Å². The molecule has 0 fully saturated rings. The monoisotopic (exact) mass is 304 g/mol. The van der Waals surface area contributed by atoms with Crippen molar-refractivity contribution in [3.8, 4) is 0 Å². The molecule has 0 aliphatic carbocycles. The Bertz CT molecular complexity index is 667. The number of hydrogen-bond donors (Lipinski definition) is 2. The maximum Gasteiger partial charge on any atom is 0.240 e. The van der Waals surface area contributed by atoms with Crippen molar-refractivity contribution in [2.75, 3.05) is 5.73 Å². The van der Waals surface area contributed by atoms with E-state index >= 15 is 0 Å². The Labute approximate surface area is 126 Å². The summed E-state index contributed by atoms with van der Waals surface area (Å²) in [6, 6.07) is 16.1. The number of nitrogens with two attached hydrogens (primary N) is 1. The first-order valence-electron chi connectivity index (χ1n) is 6.89. The largest absolute Gasteiger partial charge is 0.399 e. The first-order chi connectivity index (χ1) is 9.97. The second kappa shape index (κ2) is 6.74. The molecule has 3 N–H and O–H groups in total. The van der Waals surface area contributed by atoms with Gasteiger partial charge in [0.1, 0.15) is 0 Å². The van der Waals surface area contributed by atoms with Gasteiger partial charge in [-0.3, -0.25) is 0 Å². The maximum absolute atomic E-state index is 12.2. The van der Waals surface area contributed by atoms with Crippen molar-refractivity contribution in [1.29, 1.82) is 0 Å². The van der Waals surface area contributed by atoms with Crippen molar-refractivity contribution in [2.45, 2.75) is 30.7 Å². The van der Waals surface area contributed by atoms with E-state index in [1.807, 2.05) is 37.3 Å². The molecule has 4 nitrogen and oxygen atoms in total. The van der Waals surface area contributed by atoms with Crippen LogP contribution in [0.25, 0.3) is 0 Å². The highest BCUT2D eigenvalue weighted by Gasteiger charge is 2.16. The normalized spacial score (nSPS) is 13.0. The second-order valence-corrected chi connectivity index (χ2v) is 6.83. The Balaban J connectivity index is 1.95. The maximum atomic E-state index is 12.2. The Hall–Kier alpha value is -1.85. The molecule has 0 bridgehead atoms. The van der Waals surface area contributed by atoms with Crippen LogP contribution in [-0.2, 0) is 16.4 Å². The van der Waals surface area contributed by atoms with E-state index in [4.69, 9.17) is 5.73 Å². The molecule has 2 aromatic carbocycles. The molecular formula is C16H20N2O2S. The average molecular weight is 304 g/mol. The van der Waals surface area contributed by atoms with Crippen LogP contribution in [0.2, 0.25) is 0 Å². The van der Waals surface area contributed by atoms with Crippen LogP contribution >= 0.6 is 0 Å². The van der Waals surface area contributed by atoms with E-state index < -0.39 is 10.0 Å². The molecule has 0 saturated carbocycles. The molecule has 0 heterocycles. The van der Waals surface area contributed by atoms with Crippen LogP contribution in [0.1, 0.15) is 18.9 Å². The molecule has 0 spiro atoms. The average Bonchev–Trinajstić information content (AvgIpc) is 2.46. The van der Waals surface area contributed by atoms with Gasteiger partial charge in [0.15, 0.2) is 0 Å². The Morgan fingerprint density at radius 2 is 1.67 bits per heavy atom. The van der Waals surface area contributed by atoms with Crippen LogP contribution in [0.15, 0.2) is 59.5 Å². The zero-order valence-corrected chi connectivity index (χ0v) is 12.8. The summed E-state index contributed by atoms with van der Waals surface area (Å²) in [6.07, 6.45) is 1.59. The number of aryl methyl sites for hydroxylation is 1. The molecule has 0 radical (unpaired) electrons. The first-order valence-corrected chi connectivity index (χ1v) is 8.37. The molecule has 2 rings (SSSR count). The molecule has 0 aliphatic heterocycles. The molecule has 0 amide bonds. The molecule has 1 atom stereocenters. The van der Waals surface area contributed by atoms with Crippen LogP contribution in [0.5, 0.6) is 0 Å². The van der Waals surface area contributed by atoms with Crippen LogP contribution in [0, 0.1) is 0 Å². The van der Waals surface area contributed by atoms with Crippen molar-refractivity contribution in [2.24, 2.45) is 0 Å². The van der Waals surface area contributed by atoms with Crippen LogP contribution in [-0.4, -0.2) is 14.5 Å². The molecule has 112 valence electrons. The van der Waals surface area contributed by atoms with Gasteiger partial charge < -0.3 is 5.73 Å². The minimum Gasteiger partial charge on any atom is -0.399 e. The minimum atomic E-state index is -3.49. The number of nitrogens with one attached hydrogen (secondary N) is 1. The zero-order valence-electron chi connectivity index (χ0n) is 12.0. The van der Waals surface area contributed by atoms with E-state index in [9.17, 15) is 8.42 Å². The Morgan fingerprint density at radius 3 is 2.29 bits per heavy atom. The smallest absolute Gasteiger partial charge is 0.240 e. The molecule has 21 heavy (non-hydrogen) atoms. The fraction of sp³-hybridized carbons (Fsp3) is 0.250. The topological polar surface area (TPSA) is 72.2 Å². The van der Waals surface area contributed by atoms with Crippen molar-refractivity contribution in [3.05, 3.63) is 60.2 Å². The highest BCUT2D eigenvalue weighted by molar-refractivity contribution is 7.89. The SMILES string of the molecule is CC(CCc1ccccc1)NS(=O)(=O)c1ccc(N)cc1. The standard InChI is InChI=1S/C16H20N2O2S/c1-13(7-8-14-5-3-2-4-6-14)18-21(19,20)16-11-9-15(17)10-12-16/h2-6,9-13,18H,7-8,17H2,1H3. The van der Waals surface area contributed by atoms with E-state index in [1.54, 1.807) is 12.1 Å². The molecule has 2 aromatic rings. The molecule has 1 unspecified atom stereocenters. The molecule has 0 aromatic heterocycles. The zero-order chi connectivity index (χ0) is 15.3. The summed E-state index contributed by atoms with van der Waals surface area (Å²) in [5.74, 6) is 0. The van der Waals surface area contributed by atoms with E-state index in [0.717, 1.165) is 12.8 Å². The van der Waals surface area contributed by atoms with E-state index in [0.29, 0.717) is 5.69 Å². The van der Waals surface area contributed by atoms with Gasteiger partial charge in [-0.2, -0.15) is 0 Å². The summed E-state index contributed by atoms with van der Waals surface area (Å²) in [5.41, 5.74) is 7.32. The predicted octanol–water partition coefficient (Wildman–Crippen LogP) is 2.57. The van der Waals surface area contributed by atoms with Gasteiger partial charge in [-0.05, 0) is 49.6 Å². The molecule has 5 heteroatoms. The number of rotatable bonds is 6. The summed E-state index contributed by atoms with van der Waals surface area (Å²) in [5, 5.41) is 0. The first kappa shape index (κ1) is 15.5. The van der Waals surface area contributed by atoms with Gasteiger partial charge >= 0.3 is 0 Å². The van der Waals surface area contributed by atoms with Gasteiger partial charge in [-0.1, -0.05) is 30.3 Å². The summed E-state index contributed by atoms with van der Waals surface area (Å²) >= 11 is 0. The number of sulfonamides is 1. The number of anilines is 1. The lowest BCUT2D eigenvalue weighted by molar-refractivity contribution is 0.547. The summed E-state index contributed by atoms with van der Waals surface area (Å²) in [4.78, 5) is 0.239. The number of hydrogen-bond acceptors (Lipinski definition) is 3. The van der Waals surface area contributed by atoms with Gasteiger partial charge in [-0.25, -0.2) is 13.1 Å². The fourth-order valence-corrected chi connectivity index (χ4v) is 3.34. The Morgan fingerprint density at radius 1 is 1.05 bits per heavy atom. The van der Waals surface area contributed by atoms with Crippen LogP contribution < -0.4 is 10.5 Å². The highest BCUT2D eigenvalue weighted by Crippen LogP contribution is 2.13. The Kier molecular flexibility index (Phi) is 4.98. The summed E-state index contributed by atoms with van der Waals surface area (Å²) < 4.78 is 27.1. The lowest BCUT2D eigenvalue weighted by Crippen LogP contribution is -2.32. The van der Waals surface area contributed by atoms with Crippen molar-refractivity contribution in [3.63, 3.8) is 0 Å². The lowest BCUT2D eigenvalue weighted by Gasteiger charge is -2.14. The van der Waals surface area contributed by atoms with Gasteiger partial charge in [0.05, 0.1) is 4.90 Å². The second-order valence-electron chi connectivity index (χ2n) is 5.12. The third-order valence-electron chi connectivity index (χ3n) is 3.26. The van der Waals surface area contributed by atoms with Crippen molar-refractivity contribution >= 4 is 15.7 Å². The third-order valence-corrected chi connectivity index (χ3v) is 4.86. The van der Waals surface area contributed by atoms with E-state index in [2.05, 4.69) is 4.72 Å². The van der Waals surface area contributed by atoms with Crippen molar-refractivity contribution < 1.29 is 8.42 Å². The summed E-state index contributed by atoms with van der Waals surface area (Å²) in [6.45, 7) is 1.87. The van der Waals surface area contributed by atoms with Gasteiger partial charge in [-0.15, -0.1) is 0 Å². The fourth-order valence-electron chi connectivity index (χ4n) is 2.07. The van der Waals surface area contributed by atoms with Crippen LogP contribution in [0.4, 0.5) is 5.69 Å². The van der Waals surface area contributed by atoms with E-state index in [-0.39, 0.29) is 10.9 Å². The molecule has 0 saturated heterocycles. The number of benzene rings is 2. The highest BCUT2D eigenvalue weighted by atomic mass is 32.2. The molecular weight excluding hydrogens is 284 g/mol. The lowest BCUT2D eigenvalue weighted by atomic mass is 10.1. The predicted molar refractivity (Wildman–Crippen MR) is 85.4 cm³/mol. The van der Waals surface area contributed by atoms with Gasteiger partial charge in [0.2, 0.25) is 10.0 Å². The van der Waals surface area contributed by atoms with Gasteiger partial charge in [0.25, 0.3) is 0 Å². The molecule has 0 aliphatic rings. The van der Waals surface area contributed by atoms with Crippen molar-refractivity contribution in [1.82, 2.24) is 4.72 Å².